The number of carbonyl (C=O) groups is 3. The van der Waals surface area contributed by atoms with Crippen molar-refractivity contribution in [1.29, 1.82) is 0 Å². The topological polar surface area (TPSA) is 66.5 Å². The highest BCUT2D eigenvalue weighted by Crippen LogP contribution is 2.23. The summed E-state index contributed by atoms with van der Waals surface area (Å²) in [6, 6.07) is 9.69. The van der Waals surface area contributed by atoms with Gasteiger partial charge in [0.15, 0.2) is 0 Å². The molecule has 138 valence electrons. The van der Waals surface area contributed by atoms with Gasteiger partial charge in [-0.15, -0.1) is 0 Å². The Balaban J connectivity index is 1.62. The molecule has 3 amide bonds. The summed E-state index contributed by atoms with van der Waals surface area (Å²) in [6.07, 6.45) is 7.33. The minimum atomic E-state index is -0.416. The summed E-state index contributed by atoms with van der Waals surface area (Å²) in [5.74, 6) is -0.965. The van der Waals surface area contributed by atoms with Crippen molar-refractivity contribution in [3.05, 3.63) is 47.5 Å². The van der Waals surface area contributed by atoms with E-state index in [2.05, 4.69) is 5.32 Å². The molecule has 1 N–H and O–H groups in total. The smallest absolute Gasteiger partial charge is 0.256 e. The molecule has 1 aromatic rings. The Morgan fingerprint density at radius 2 is 1.88 bits per heavy atom. The number of likely N-dealkylation sites (tertiary alicyclic amines) is 1. The van der Waals surface area contributed by atoms with Crippen LogP contribution in [0.3, 0.4) is 0 Å². The fraction of sp³-hybridized carbons (Fsp3) is 0.476. The summed E-state index contributed by atoms with van der Waals surface area (Å²) in [5, 5.41) is 3.08. The molecule has 1 aliphatic carbocycles. The summed E-state index contributed by atoms with van der Waals surface area (Å²) in [5.41, 5.74) is 1.34. The number of hydrogen-bond acceptors (Lipinski definition) is 3. The maximum Gasteiger partial charge on any atom is 0.256 e. The third-order valence-electron chi connectivity index (χ3n) is 5.16. The SMILES string of the molecule is CC(/C=C1\CC(=O)N(Cc2ccccc2)C1=O)C(=O)NC1CCCCC1. The van der Waals surface area contributed by atoms with E-state index in [0.717, 1.165) is 31.2 Å². The lowest BCUT2D eigenvalue weighted by Gasteiger charge is -2.23. The van der Waals surface area contributed by atoms with Crippen LogP contribution >= 0.6 is 0 Å². The van der Waals surface area contributed by atoms with Crippen molar-refractivity contribution in [2.75, 3.05) is 0 Å². The van der Waals surface area contributed by atoms with E-state index in [9.17, 15) is 14.4 Å². The van der Waals surface area contributed by atoms with E-state index in [-0.39, 0.29) is 36.7 Å². The van der Waals surface area contributed by atoms with E-state index in [1.165, 1.54) is 11.3 Å². The average Bonchev–Trinajstić information content (AvgIpc) is 2.91. The lowest BCUT2D eigenvalue weighted by atomic mass is 9.95. The van der Waals surface area contributed by atoms with Gasteiger partial charge in [0, 0.05) is 11.6 Å². The lowest BCUT2D eigenvalue weighted by molar-refractivity contribution is -0.138. The number of nitrogens with zero attached hydrogens (tertiary/aromatic N) is 1. The summed E-state index contributed by atoms with van der Waals surface area (Å²) in [6.45, 7) is 2.06. The van der Waals surface area contributed by atoms with Gasteiger partial charge in [-0.2, -0.15) is 0 Å². The van der Waals surface area contributed by atoms with Crippen LogP contribution < -0.4 is 5.32 Å². The van der Waals surface area contributed by atoms with E-state index < -0.39 is 5.92 Å². The predicted octanol–water partition coefficient (Wildman–Crippen LogP) is 2.96. The van der Waals surface area contributed by atoms with Gasteiger partial charge < -0.3 is 5.32 Å². The fourth-order valence-corrected chi connectivity index (χ4v) is 3.63. The van der Waals surface area contributed by atoms with Crippen LogP contribution in [-0.2, 0) is 20.9 Å². The second-order valence-corrected chi connectivity index (χ2v) is 7.27. The van der Waals surface area contributed by atoms with Crippen LogP contribution in [0, 0.1) is 5.92 Å². The summed E-state index contributed by atoms with van der Waals surface area (Å²) >= 11 is 0. The van der Waals surface area contributed by atoms with Gasteiger partial charge in [0.1, 0.15) is 0 Å². The van der Waals surface area contributed by atoms with Crippen molar-refractivity contribution in [2.45, 2.75) is 58.0 Å². The number of imide groups is 1. The molecule has 2 aliphatic rings. The molecule has 1 saturated heterocycles. The molecular weight excluding hydrogens is 328 g/mol. The zero-order valence-corrected chi connectivity index (χ0v) is 15.2. The average molecular weight is 354 g/mol. The molecular formula is C21H26N2O3. The second kappa shape index (κ2) is 8.30. The minimum Gasteiger partial charge on any atom is -0.353 e. The maximum atomic E-state index is 12.6. The number of hydrogen-bond donors (Lipinski definition) is 1. The van der Waals surface area contributed by atoms with E-state index in [0.29, 0.717) is 5.57 Å². The van der Waals surface area contributed by atoms with Crippen molar-refractivity contribution in [2.24, 2.45) is 5.92 Å². The van der Waals surface area contributed by atoms with Crippen LogP contribution in [0.1, 0.15) is 51.0 Å². The van der Waals surface area contributed by atoms with Crippen molar-refractivity contribution in [1.82, 2.24) is 10.2 Å². The number of rotatable bonds is 5. The zero-order chi connectivity index (χ0) is 18.5. The first-order valence-electron chi connectivity index (χ1n) is 9.44. The van der Waals surface area contributed by atoms with Crippen LogP contribution in [0.2, 0.25) is 0 Å². The van der Waals surface area contributed by atoms with Gasteiger partial charge in [-0.3, -0.25) is 19.3 Å². The zero-order valence-electron chi connectivity index (χ0n) is 15.2. The van der Waals surface area contributed by atoms with Gasteiger partial charge in [-0.25, -0.2) is 0 Å². The standard InChI is InChI=1S/C21H26N2O3/c1-15(20(25)22-18-10-6-3-7-11-18)12-17-13-19(24)23(21(17)26)14-16-8-4-2-5-9-16/h2,4-5,8-9,12,15,18H,3,6-7,10-11,13-14H2,1H3,(H,22,25)/b17-12+. The minimum absolute atomic E-state index is 0.0637. The monoisotopic (exact) mass is 354 g/mol. The first-order chi connectivity index (χ1) is 12.5. The number of amides is 3. The second-order valence-electron chi connectivity index (χ2n) is 7.27. The quantitative estimate of drug-likeness (QED) is 0.653. The number of carbonyl (C=O) groups excluding carboxylic acids is 3. The largest absolute Gasteiger partial charge is 0.353 e. The molecule has 1 atom stereocenters. The summed E-state index contributed by atoms with van der Waals surface area (Å²) in [4.78, 5) is 38.5. The van der Waals surface area contributed by atoms with Crippen LogP contribution in [0.4, 0.5) is 0 Å². The molecule has 3 rings (SSSR count). The van der Waals surface area contributed by atoms with Crippen LogP contribution in [0.25, 0.3) is 0 Å². The molecule has 0 radical (unpaired) electrons. The Morgan fingerprint density at radius 1 is 1.19 bits per heavy atom. The first-order valence-corrected chi connectivity index (χ1v) is 9.44. The van der Waals surface area contributed by atoms with Gasteiger partial charge in [0.2, 0.25) is 11.8 Å². The van der Waals surface area contributed by atoms with Crippen LogP contribution in [0.15, 0.2) is 42.0 Å². The molecule has 1 heterocycles. The molecule has 26 heavy (non-hydrogen) atoms. The Bertz CT molecular complexity index is 705. The molecule has 1 saturated carbocycles. The van der Waals surface area contributed by atoms with E-state index >= 15 is 0 Å². The Morgan fingerprint density at radius 3 is 2.58 bits per heavy atom. The lowest BCUT2D eigenvalue weighted by Crippen LogP contribution is -2.39. The van der Waals surface area contributed by atoms with E-state index in [1.807, 2.05) is 30.3 Å². The maximum absolute atomic E-state index is 12.6. The Kier molecular flexibility index (Phi) is 5.86. The van der Waals surface area contributed by atoms with Gasteiger partial charge in [-0.05, 0) is 18.4 Å². The van der Waals surface area contributed by atoms with Crippen molar-refractivity contribution in [3.8, 4) is 0 Å². The van der Waals surface area contributed by atoms with Crippen molar-refractivity contribution < 1.29 is 14.4 Å². The summed E-state index contributed by atoms with van der Waals surface area (Å²) in [7, 11) is 0. The third kappa shape index (κ3) is 4.40. The molecule has 2 fully saturated rings. The molecule has 0 spiro atoms. The van der Waals surface area contributed by atoms with Gasteiger partial charge >= 0.3 is 0 Å². The molecule has 1 aliphatic heterocycles. The van der Waals surface area contributed by atoms with Crippen LogP contribution in [-0.4, -0.2) is 28.7 Å². The predicted molar refractivity (Wildman–Crippen MR) is 98.9 cm³/mol. The van der Waals surface area contributed by atoms with E-state index in [1.54, 1.807) is 13.0 Å². The normalized spacial score (nSPS) is 21.3. The number of benzene rings is 1. The van der Waals surface area contributed by atoms with Gasteiger partial charge in [-0.1, -0.05) is 62.6 Å². The first kappa shape index (κ1) is 18.4. The Labute approximate surface area is 154 Å². The van der Waals surface area contributed by atoms with Crippen molar-refractivity contribution in [3.63, 3.8) is 0 Å². The van der Waals surface area contributed by atoms with Gasteiger partial charge in [0.05, 0.1) is 18.9 Å². The molecule has 1 unspecified atom stereocenters. The molecule has 5 nitrogen and oxygen atoms in total. The molecule has 5 heteroatoms. The molecule has 1 aromatic carbocycles. The fourth-order valence-electron chi connectivity index (χ4n) is 3.63. The van der Waals surface area contributed by atoms with Gasteiger partial charge in [0.25, 0.3) is 5.91 Å². The molecule has 0 bridgehead atoms. The molecule has 0 aromatic heterocycles. The van der Waals surface area contributed by atoms with E-state index in [4.69, 9.17) is 0 Å². The highest BCUT2D eigenvalue weighted by Gasteiger charge is 2.34. The summed E-state index contributed by atoms with van der Waals surface area (Å²) < 4.78 is 0. The van der Waals surface area contributed by atoms with Crippen LogP contribution in [0.5, 0.6) is 0 Å². The highest BCUT2D eigenvalue weighted by molar-refractivity contribution is 6.13. The Hall–Kier alpha value is -2.43. The van der Waals surface area contributed by atoms with Crippen molar-refractivity contribution >= 4 is 17.7 Å². The highest BCUT2D eigenvalue weighted by atomic mass is 16.2. The number of nitrogens with one attached hydrogen (secondary N) is 1. The third-order valence-corrected chi connectivity index (χ3v) is 5.16.